The Morgan fingerprint density at radius 3 is 2.55 bits per heavy atom. The largest absolute Gasteiger partial charge is 0.396 e. The minimum absolute atomic E-state index is 0.0876. The summed E-state index contributed by atoms with van der Waals surface area (Å²) in [7, 11) is 1.74. The molecule has 2 fully saturated rings. The van der Waals surface area contributed by atoms with Crippen molar-refractivity contribution in [1.29, 1.82) is 0 Å². The van der Waals surface area contributed by atoms with Crippen LogP contribution in [0.25, 0.3) is 0 Å². The van der Waals surface area contributed by atoms with E-state index in [1.54, 1.807) is 16.8 Å². The van der Waals surface area contributed by atoms with Crippen molar-refractivity contribution in [2.24, 2.45) is 11.8 Å². The number of rotatable bonds is 9. The van der Waals surface area contributed by atoms with Crippen LogP contribution in [-0.2, 0) is 19.1 Å². The van der Waals surface area contributed by atoms with Crippen LogP contribution in [0.1, 0.15) is 45.4 Å². The quantitative estimate of drug-likeness (QED) is 0.415. The van der Waals surface area contributed by atoms with Crippen LogP contribution in [0.2, 0.25) is 0 Å². The Bertz CT molecular complexity index is 827. The van der Waals surface area contributed by atoms with Gasteiger partial charge in [-0.3, -0.25) is 14.4 Å². The van der Waals surface area contributed by atoms with Crippen LogP contribution in [0, 0.1) is 11.8 Å². The molecule has 0 bridgehead atoms. The lowest BCUT2D eigenvalue weighted by Crippen LogP contribution is -2.55. The fourth-order valence-electron chi connectivity index (χ4n) is 5.87. The molecule has 4 aliphatic heterocycles. The lowest BCUT2D eigenvalue weighted by molar-refractivity contribution is -0.148. The summed E-state index contributed by atoms with van der Waals surface area (Å²) >= 11 is 0. The molecule has 1 unspecified atom stereocenters. The van der Waals surface area contributed by atoms with Crippen LogP contribution in [0.4, 0.5) is 0 Å². The molecule has 4 heterocycles. The molecule has 0 aromatic heterocycles. The molecule has 33 heavy (non-hydrogen) atoms. The number of likely N-dealkylation sites (tertiary alicyclic amines) is 1. The van der Waals surface area contributed by atoms with Crippen LogP contribution >= 0.6 is 0 Å². The minimum atomic E-state index is -1.13. The molecule has 5 atom stereocenters. The number of carbonyl (C=O) groups excluding carboxylic acids is 3. The van der Waals surface area contributed by atoms with Crippen molar-refractivity contribution in [2.75, 3.05) is 39.8 Å². The third kappa shape index (κ3) is 4.12. The van der Waals surface area contributed by atoms with Crippen molar-refractivity contribution in [2.45, 2.75) is 63.2 Å². The van der Waals surface area contributed by atoms with Crippen LogP contribution in [0.3, 0.4) is 0 Å². The van der Waals surface area contributed by atoms with E-state index < -0.39 is 29.6 Å². The Hall–Kier alpha value is -2.19. The summed E-state index contributed by atoms with van der Waals surface area (Å²) in [5, 5.41) is 9.14. The maximum atomic E-state index is 13.9. The van der Waals surface area contributed by atoms with Gasteiger partial charge in [0.05, 0.1) is 17.9 Å². The van der Waals surface area contributed by atoms with Gasteiger partial charge in [-0.25, -0.2) is 0 Å². The Morgan fingerprint density at radius 1 is 1.00 bits per heavy atom. The molecule has 1 N–H and O–H groups in total. The predicted molar refractivity (Wildman–Crippen MR) is 123 cm³/mol. The third-order valence-corrected chi connectivity index (χ3v) is 7.53. The summed E-state index contributed by atoms with van der Waals surface area (Å²) < 4.78 is 6.56. The number of likely N-dealkylation sites (N-methyl/N-ethyl adjacent to an activating group) is 1. The second-order valence-corrected chi connectivity index (χ2v) is 9.70. The number of hydrogen-bond acceptors (Lipinski definition) is 5. The predicted octanol–water partition coefficient (Wildman–Crippen LogP) is 1.35. The zero-order valence-electron chi connectivity index (χ0n) is 19.8. The molecule has 0 aromatic carbocycles. The second kappa shape index (κ2) is 9.97. The number of unbranched alkanes of at least 4 members (excludes halogenated alkanes) is 4. The Labute approximate surface area is 196 Å². The van der Waals surface area contributed by atoms with Crippen LogP contribution in [-0.4, -0.2) is 95.1 Å². The highest BCUT2D eigenvalue weighted by Crippen LogP contribution is 2.53. The van der Waals surface area contributed by atoms with Crippen molar-refractivity contribution in [1.82, 2.24) is 14.7 Å². The number of carbonyl (C=O) groups is 3. The molecule has 8 heteroatoms. The molecule has 182 valence electrons. The average molecular weight is 460 g/mol. The monoisotopic (exact) mass is 459 g/mol. The van der Waals surface area contributed by atoms with Crippen molar-refractivity contribution in [3.8, 4) is 0 Å². The smallest absolute Gasteiger partial charge is 0.249 e. The first kappa shape index (κ1) is 24.0. The van der Waals surface area contributed by atoms with Crippen LogP contribution in [0.15, 0.2) is 24.3 Å². The van der Waals surface area contributed by atoms with Crippen LogP contribution in [0.5, 0.6) is 0 Å². The standard InChI is InChI=1S/C25H37N3O5/c1-3-4-6-14-27-15-10-12-25-20(19-18(33-25)11-9-13-26(2)22(19)30)23(31)28(21(25)24(27)32)16-7-5-8-17-29/h9-12,18-21,29H,3-8,13-17H2,1-2H3/t18-,19+,20+,21?,25+/m1/s1. The molecule has 0 radical (unpaired) electrons. The summed E-state index contributed by atoms with van der Waals surface area (Å²) in [4.78, 5) is 46.2. The lowest BCUT2D eigenvalue weighted by atomic mass is 9.77. The van der Waals surface area contributed by atoms with Crippen LogP contribution < -0.4 is 0 Å². The molecule has 3 amide bonds. The highest BCUT2D eigenvalue weighted by Gasteiger charge is 2.71. The van der Waals surface area contributed by atoms with Gasteiger partial charge in [-0.2, -0.15) is 0 Å². The number of aliphatic hydroxyl groups is 1. The summed E-state index contributed by atoms with van der Waals surface area (Å²) in [5.41, 5.74) is -1.13. The first-order chi connectivity index (χ1) is 16.0. The topological polar surface area (TPSA) is 90.4 Å². The molecular formula is C25H37N3O5. The number of nitrogens with zero attached hydrogens (tertiary/aromatic N) is 3. The van der Waals surface area contributed by atoms with Gasteiger partial charge >= 0.3 is 0 Å². The van der Waals surface area contributed by atoms with E-state index in [1.807, 2.05) is 29.2 Å². The summed E-state index contributed by atoms with van der Waals surface area (Å²) in [6.45, 7) is 4.28. The zero-order chi connectivity index (χ0) is 23.6. The zero-order valence-corrected chi connectivity index (χ0v) is 19.8. The molecule has 4 aliphatic rings. The fraction of sp³-hybridized carbons (Fsp3) is 0.720. The van der Waals surface area contributed by atoms with Gasteiger partial charge in [0, 0.05) is 39.8 Å². The van der Waals surface area contributed by atoms with Crippen molar-refractivity contribution >= 4 is 17.7 Å². The van der Waals surface area contributed by atoms with E-state index in [1.165, 1.54) is 0 Å². The number of hydrogen-bond donors (Lipinski definition) is 1. The van der Waals surface area contributed by atoms with E-state index in [9.17, 15) is 14.4 Å². The summed E-state index contributed by atoms with van der Waals surface area (Å²) in [5.74, 6) is -1.70. The summed E-state index contributed by atoms with van der Waals surface area (Å²) in [6, 6.07) is -0.761. The highest BCUT2D eigenvalue weighted by molar-refractivity contribution is 5.99. The van der Waals surface area contributed by atoms with Crippen molar-refractivity contribution in [3.05, 3.63) is 24.3 Å². The average Bonchev–Trinajstić information content (AvgIpc) is 3.12. The van der Waals surface area contributed by atoms with Gasteiger partial charge in [-0.15, -0.1) is 0 Å². The fourth-order valence-corrected chi connectivity index (χ4v) is 5.87. The highest BCUT2D eigenvalue weighted by atomic mass is 16.5. The van der Waals surface area contributed by atoms with E-state index in [0.717, 1.165) is 25.7 Å². The molecule has 0 aliphatic carbocycles. The Kier molecular flexibility index (Phi) is 7.24. The number of aliphatic hydroxyl groups excluding tert-OH is 1. The van der Waals surface area contributed by atoms with Crippen molar-refractivity contribution in [3.63, 3.8) is 0 Å². The lowest BCUT2D eigenvalue weighted by Gasteiger charge is -2.35. The normalized spacial score (nSPS) is 33.3. The van der Waals surface area contributed by atoms with E-state index in [0.29, 0.717) is 39.0 Å². The van der Waals surface area contributed by atoms with Gasteiger partial charge in [0.2, 0.25) is 17.7 Å². The van der Waals surface area contributed by atoms with Gasteiger partial charge in [0.15, 0.2) is 0 Å². The number of amides is 3. The van der Waals surface area contributed by atoms with Gasteiger partial charge in [0.1, 0.15) is 11.6 Å². The Morgan fingerprint density at radius 2 is 1.79 bits per heavy atom. The molecule has 8 nitrogen and oxygen atoms in total. The first-order valence-electron chi connectivity index (χ1n) is 12.4. The van der Waals surface area contributed by atoms with E-state index in [-0.39, 0.29) is 24.3 Å². The number of fused-ring (bicyclic) bond motifs is 2. The third-order valence-electron chi connectivity index (χ3n) is 7.53. The van der Waals surface area contributed by atoms with Gasteiger partial charge in [0.25, 0.3) is 0 Å². The molecular weight excluding hydrogens is 422 g/mol. The van der Waals surface area contributed by atoms with Gasteiger partial charge in [-0.05, 0) is 25.7 Å². The second-order valence-electron chi connectivity index (χ2n) is 9.70. The van der Waals surface area contributed by atoms with Crippen molar-refractivity contribution < 1.29 is 24.2 Å². The number of ether oxygens (including phenoxy) is 1. The van der Waals surface area contributed by atoms with E-state index in [2.05, 4.69) is 6.92 Å². The maximum Gasteiger partial charge on any atom is 0.249 e. The van der Waals surface area contributed by atoms with Gasteiger partial charge < -0.3 is 24.5 Å². The molecule has 0 saturated carbocycles. The molecule has 2 saturated heterocycles. The summed E-state index contributed by atoms with van der Waals surface area (Å²) in [6.07, 6.45) is 12.3. The van der Waals surface area contributed by atoms with E-state index in [4.69, 9.17) is 9.84 Å². The van der Waals surface area contributed by atoms with E-state index >= 15 is 0 Å². The SMILES string of the molecule is CCCCCN1CC=C[C@]23O[C@@H]4C=CCN(C)C(=O)[C@@H]4[C@H]2C(=O)N(CCCCCO)C3C1=O. The molecule has 4 rings (SSSR count). The first-order valence-corrected chi connectivity index (χ1v) is 12.4. The molecule has 0 aromatic rings. The Balaban J connectivity index is 1.70. The maximum absolute atomic E-state index is 13.9. The molecule has 1 spiro atoms. The minimum Gasteiger partial charge on any atom is -0.396 e. The van der Waals surface area contributed by atoms with Gasteiger partial charge in [-0.1, -0.05) is 44.1 Å².